The summed E-state index contributed by atoms with van der Waals surface area (Å²) in [5, 5.41) is 3.31. The van der Waals surface area contributed by atoms with Crippen LogP contribution in [0.3, 0.4) is 0 Å². The number of anilines is 3. The smallest absolute Gasteiger partial charge is 0.229 e. The van der Waals surface area contributed by atoms with Crippen molar-refractivity contribution in [2.75, 3.05) is 35.3 Å². The fourth-order valence-corrected chi connectivity index (χ4v) is 4.32. The highest BCUT2D eigenvalue weighted by molar-refractivity contribution is 6.31. The summed E-state index contributed by atoms with van der Waals surface area (Å²) in [6, 6.07) is 10.7. The summed E-state index contributed by atoms with van der Waals surface area (Å²) in [5.41, 5.74) is 3.18. The Morgan fingerprint density at radius 1 is 1.23 bits per heavy atom. The Morgan fingerprint density at radius 2 is 2.03 bits per heavy atom. The minimum absolute atomic E-state index is 0.0944. The maximum Gasteiger partial charge on any atom is 0.229 e. The fourth-order valence-electron chi connectivity index (χ4n) is 4.15. The molecular formula is C23H24ClN3O4. The summed E-state index contributed by atoms with van der Waals surface area (Å²) < 4.78 is 5.27. The van der Waals surface area contributed by atoms with Gasteiger partial charge in [-0.05, 0) is 48.4 Å². The number of hydrogen-bond donors (Lipinski definition) is 1. The minimum Gasteiger partial charge on any atom is -0.495 e. The largest absolute Gasteiger partial charge is 0.495 e. The highest BCUT2D eigenvalue weighted by atomic mass is 35.5. The van der Waals surface area contributed by atoms with E-state index >= 15 is 0 Å². The summed E-state index contributed by atoms with van der Waals surface area (Å²) in [4.78, 5) is 41.0. The average molecular weight is 442 g/mol. The van der Waals surface area contributed by atoms with E-state index in [9.17, 15) is 14.4 Å². The van der Waals surface area contributed by atoms with E-state index in [1.807, 2.05) is 25.1 Å². The first-order chi connectivity index (χ1) is 14.9. The lowest BCUT2D eigenvalue weighted by Crippen LogP contribution is -2.28. The average Bonchev–Trinajstić information content (AvgIpc) is 3.36. The molecule has 2 heterocycles. The molecule has 0 aliphatic carbocycles. The first kappa shape index (κ1) is 21.2. The van der Waals surface area contributed by atoms with Gasteiger partial charge in [-0.1, -0.05) is 18.5 Å². The zero-order chi connectivity index (χ0) is 22.1. The maximum absolute atomic E-state index is 12.8. The van der Waals surface area contributed by atoms with Crippen molar-refractivity contribution in [1.82, 2.24) is 0 Å². The van der Waals surface area contributed by atoms with Gasteiger partial charge < -0.3 is 19.9 Å². The quantitative estimate of drug-likeness (QED) is 0.768. The molecule has 0 spiro atoms. The monoisotopic (exact) mass is 441 g/mol. The van der Waals surface area contributed by atoms with Crippen molar-refractivity contribution in [2.24, 2.45) is 5.92 Å². The minimum atomic E-state index is -0.484. The molecule has 1 N–H and O–H groups in total. The molecule has 0 aromatic heterocycles. The van der Waals surface area contributed by atoms with Crippen LogP contribution < -0.4 is 19.9 Å². The third-order valence-corrected chi connectivity index (χ3v) is 6.02. The molecule has 1 unspecified atom stereocenters. The molecule has 2 aromatic carbocycles. The Kier molecular flexibility index (Phi) is 5.87. The number of hydrogen-bond acceptors (Lipinski definition) is 4. The molecular weight excluding hydrogens is 418 g/mol. The van der Waals surface area contributed by atoms with Crippen LogP contribution in [0.5, 0.6) is 5.75 Å². The Bertz CT molecular complexity index is 1060. The number of amides is 3. The van der Waals surface area contributed by atoms with Crippen LogP contribution in [-0.2, 0) is 20.8 Å². The highest BCUT2D eigenvalue weighted by Crippen LogP contribution is 2.35. The zero-order valence-corrected chi connectivity index (χ0v) is 18.2. The van der Waals surface area contributed by atoms with Crippen LogP contribution in [0.4, 0.5) is 17.1 Å². The molecule has 2 aromatic rings. The van der Waals surface area contributed by atoms with Gasteiger partial charge in [-0.3, -0.25) is 14.4 Å². The van der Waals surface area contributed by atoms with Crippen molar-refractivity contribution in [2.45, 2.75) is 26.2 Å². The standard InChI is InChI=1S/C23H24ClN3O4/c1-3-21(28)26-9-8-14-10-17(5-6-19(14)26)27-13-15(11-22(27)29)23(30)25-18-12-16(24)4-7-20(18)31-2/h4-7,10,12,15H,3,8-9,11,13H2,1-2H3,(H,25,30). The highest BCUT2D eigenvalue weighted by Gasteiger charge is 2.36. The van der Waals surface area contributed by atoms with Gasteiger partial charge in [0.2, 0.25) is 17.7 Å². The molecule has 1 atom stereocenters. The summed E-state index contributed by atoms with van der Waals surface area (Å²) in [5.74, 6) is -0.238. The Morgan fingerprint density at radius 3 is 2.77 bits per heavy atom. The van der Waals surface area contributed by atoms with Gasteiger partial charge in [0.25, 0.3) is 0 Å². The second-order valence-electron chi connectivity index (χ2n) is 7.70. The summed E-state index contributed by atoms with van der Waals surface area (Å²) in [7, 11) is 1.52. The number of ether oxygens (including phenoxy) is 1. The first-order valence-corrected chi connectivity index (χ1v) is 10.7. The van der Waals surface area contributed by atoms with Gasteiger partial charge in [-0.15, -0.1) is 0 Å². The number of benzene rings is 2. The number of nitrogens with one attached hydrogen (secondary N) is 1. The van der Waals surface area contributed by atoms with E-state index < -0.39 is 5.92 Å². The molecule has 1 saturated heterocycles. The number of methoxy groups -OCH3 is 1. The van der Waals surface area contributed by atoms with Crippen molar-refractivity contribution in [3.63, 3.8) is 0 Å². The third kappa shape index (κ3) is 4.10. The lowest BCUT2D eigenvalue weighted by atomic mass is 10.1. The number of carbonyl (C=O) groups excluding carboxylic acids is 3. The molecule has 2 aliphatic heterocycles. The van der Waals surface area contributed by atoms with Crippen molar-refractivity contribution in [3.05, 3.63) is 47.0 Å². The van der Waals surface area contributed by atoms with Gasteiger partial charge in [0.1, 0.15) is 5.75 Å². The maximum atomic E-state index is 12.8. The summed E-state index contributed by atoms with van der Waals surface area (Å²) in [6.45, 7) is 2.80. The van der Waals surface area contributed by atoms with Gasteiger partial charge >= 0.3 is 0 Å². The molecule has 4 rings (SSSR count). The van der Waals surface area contributed by atoms with E-state index in [1.54, 1.807) is 28.0 Å². The molecule has 7 nitrogen and oxygen atoms in total. The van der Waals surface area contributed by atoms with Gasteiger partial charge in [-0.2, -0.15) is 0 Å². The Hall–Kier alpha value is -3.06. The first-order valence-electron chi connectivity index (χ1n) is 10.3. The molecule has 0 saturated carbocycles. The molecule has 162 valence electrons. The van der Waals surface area contributed by atoms with E-state index in [2.05, 4.69) is 5.32 Å². The van der Waals surface area contributed by atoms with Crippen molar-refractivity contribution < 1.29 is 19.1 Å². The van der Waals surface area contributed by atoms with Crippen LogP contribution >= 0.6 is 11.6 Å². The lowest BCUT2D eigenvalue weighted by molar-refractivity contribution is -0.122. The predicted octanol–water partition coefficient (Wildman–Crippen LogP) is 3.64. The van der Waals surface area contributed by atoms with Crippen LogP contribution in [0.1, 0.15) is 25.3 Å². The predicted molar refractivity (Wildman–Crippen MR) is 120 cm³/mol. The molecule has 8 heteroatoms. The van der Waals surface area contributed by atoms with Gasteiger partial charge in [0, 0.05) is 42.3 Å². The Balaban J connectivity index is 1.48. The second kappa shape index (κ2) is 8.59. The van der Waals surface area contributed by atoms with Gasteiger partial charge in [0.15, 0.2) is 0 Å². The summed E-state index contributed by atoms with van der Waals surface area (Å²) >= 11 is 6.04. The molecule has 0 radical (unpaired) electrons. The normalized spacial score (nSPS) is 17.6. The molecule has 3 amide bonds. The van der Waals surface area contributed by atoms with Crippen LogP contribution in [0.15, 0.2) is 36.4 Å². The van der Waals surface area contributed by atoms with Crippen molar-refractivity contribution in [1.29, 1.82) is 0 Å². The van der Waals surface area contributed by atoms with Crippen molar-refractivity contribution >= 4 is 46.4 Å². The van der Waals surface area contributed by atoms with E-state index in [4.69, 9.17) is 16.3 Å². The molecule has 1 fully saturated rings. The fraction of sp³-hybridized carbons (Fsp3) is 0.348. The number of halogens is 1. The number of rotatable bonds is 5. The van der Waals surface area contributed by atoms with Crippen LogP contribution in [0.2, 0.25) is 5.02 Å². The number of nitrogens with zero attached hydrogens (tertiary/aromatic N) is 2. The van der Waals surface area contributed by atoms with Crippen LogP contribution in [0.25, 0.3) is 0 Å². The van der Waals surface area contributed by atoms with Crippen LogP contribution in [-0.4, -0.2) is 37.9 Å². The van der Waals surface area contributed by atoms with E-state index in [-0.39, 0.29) is 24.1 Å². The van der Waals surface area contributed by atoms with Gasteiger partial charge in [-0.25, -0.2) is 0 Å². The van der Waals surface area contributed by atoms with E-state index in [1.165, 1.54) is 7.11 Å². The lowest BCUT2D eigenvalue weighted by Gasteiger charge is -2.20. The third-order valence-electron chi connectivity index (χ3n) is 5.79. The molecule has 2 aliphatic rings. The van der Waals surface area contributed by atoms with Crippen molar-refractivity contribution in [3.8, 4) is 5.75 Å². The van der Waals surface area contributed by atoms with Crippen LogP contribution in [0, 0.1) is 5.92 Å². The second-order valence-corrected chi connectivity index (χ2v) is 8.14. The summed E-state index contributed by atoms with van der Waals surface area (Å²) in [6.07, 6.45) is 1.35. The molecule has 31 heavy (non-hydrogen) atoms. The SMILES string of the molecule is CCC(=O)N1CCc2cc(N3CC(C(=O)Nc4cc(Cl)ccc4OC)CC3=O)ccc21. The zero-order valence-electron chi connectivity index (χ0n) is 17.5. The number of carbonyl (C=O) groups is 3. The Labute approximate surface area is 185 Å². The van der Waals surface area contributed by atoms with E-state index in [0.29, 0.717) is 36.0 Å². The number of fused-ring (bicyclic) bond motifs is 1. The molecule has 0 bridgehead atoms. The van der Waals surface area contributed by atoms with Gasteiger partial charge in [0.05, 0.1) is 18.7 Å². The topological polar surface area (TPSA) is 79.0 Å². The van der Waals surface area contributed by atoms with E-state index in [0.717, 1.165) is 23.4 Å².